The molecule has 4 rings (SSSR count). The van der Waals surface area contributed by atoms with Gasteiger partial charge < -0.3 is 10.2 Å². The van der Waals surface area contributed by atoms with Gasteiger partial charge in [0.25, 0.3) is 5.91 Å². The van der Waals surface area contributed by atoms with Crippen LogP contribution in [0.4, 0.5) is 0 Å². The fourth-order valence-electron chi connectivity index (χ4n) is 3.07. The number of carbonyl (C=O) groups is 1. The molecule has 34 heavy (non-hydrogen) atoms. The van der Waals surface area contributed by atoms with Crippen LogP contribution in [0.15, 0.2) is 74.7 Å². The van der Waals surface area contributed by atoms with Crippen LogP contribution < -0.4 is 5.43 Å². The average Bonchev–Trinajstić information content (AvgIpc) is 2.86. The predicted molar refractivity (Wildman–Crippen MR) is 144 cm³/mol. The van der Waals surface area contributed by atoms with Crippen LogP contribution in [0.1, 0.15) is 29.8 Å². The third kappa shape index (κ3) is 5.58. The van der Waals surface area contributed by atoms with E-state index in [2.05, 4.69) is 47.4 Å². The molecule has 0 unspecified atom stereocenters. The standard InChI is InChI=1S/C23H14Br2ClN3O3.C2H6/c24-17-9-13(21(30)20(25)22(17)31)11-27-29-23(32)16-10-19(12-5-7-14(26)8-6-12)28-18-4-2-1-3-15(16)18;1-2/h1-11,30-31H,(H,29,32);1-2H3/b27-11+;. The first-order valence-electron chi connectivity index (χ1n) is 10.2. The quantitative estimate of drug-likeness (QED) is 0.168. The van der Waals surface area contributed by atoms with Crippen LogP contribution in [-0.4, -0.2) is 27.3 Å². The molecular weight excluding hydrogens is 586 g/mol. The van der Waals surface area contributed by atoms with E-state index >= 15 is 0 Å². The largest absolute Gasteiger partial charge is 0.506 e. The monoisotopic (exact) mass is 603 g/mol. The van der Waals surface area contributed by atoms with E-state index in [1.165, 1.54) is 12.3 Å². The van der Waals surface area contributed by atoms with E-state index in [1.807, 2.05) is 50.2 Å². The molecule has 0 aliphatic heterocycles. The maximum absolute atomic E-state index is 13.0. The molecule has 0 radical (unpaired) electrons. The van der Waals surface area contributed by atoms with E-state index in [-0.39, 0.29) is 16.0 Å². The smallest absolute Gasteiger partial charge is 0.272 e. The minimum Gasteiger partial charge on any atom is -0.506 e. The highest BCUT2D eigenvalue weighted by molar-refractivity contribution is 9.11. The lowest BCUT2D eigenvalue weighted by molar-refractivity contribution is 0.0956. The van der Waals surface area contributed by atoms with E-state index in [0.29, 0.717) is 37.2 Å². The van der Waals surface area contributed by atoms with E-state index in [0.717, 1.165) is 5.56 Å². The molecule has 0 saturated heterocycles. The number of halogens is 3. The molecule has 1 heterocycles. The Morgan fingerprint density at radius 3 is 2.41 bits per heavy atom. The number of aromatic hydroxyl groups is 2. The van der Waals surface area contributed by atoms with Gasteiger partial charge in [-0.3, -0.25) is 4.79 Å². The number of hydrogen-bond donors (Lipinski definition) is 3. The molecule has 9 heteroatoms. The number of amides is 1. The highest BCUT2D eigenvalue weighted by Crippen LogP contribution is 2.40. The van der Waals surface area contributed by atoms with Crippen molar-refractivity contribution in [3.8, 4) is 22.8 Å². The van der Waals surface area contributed by atoms with Crippen molar-refractivity contribution in [2.75, 3.05) is 0 Å². The second kappa shape index (κ2) is 11.5. The zero-order valence-electron chi connectivity index (χ0n) is 18.2. The Bertz CT molecular complexity index is 1380. The third-order valence-corrected chi connectivity index (χ3v) is 6.28. The van der Waals surface area contributed by atoms with Gasteiger partial charge in [0.2, 0.25) is 0 Å². The Hall–Kier alpha value is -2.94. The minimum atomic E-state index is -0.438. The fraction of sp³-hybridized carbons (Fsp3) is 0.0800. The summed E-state index contributed by atoms with van der Waals surface area (Å²) in [6.45, 7) is 4.00. The molecule has 3 N–H and O–H groups in total. The minimum absolute atomic E-state index is 0.118. The molecule has 0 saturated carbocycles. The van der Waals surface area contributed by atoms with Gasteiger partial charge in [0.1, 0.15) is 16.0 Å². The van der Waals surface area contributed by atoms with Crippen LogP contribution in [0.5, 0.6) is 11.5 Å². The Labute approximate surface area is 218 Å². The number of hydrazone groups is 1. The number of rotatable bonds is 4. The Kier molecular flexibility index (Phi) is 8.66. The number of pyridine rings is 1. The molecule has 0 aliphatic rings. The summed E-state index contributed by atoms with van der Waals surface area (Å²) in [6, 6.07) is 17.7. The van der Waals surface area contributed by atoms with Crippen molar-refractivity contribution in [1.29, 1.82) is 0 Å². The Balaban J connectivity index is 0.00000158. The molecule has 3 aromatic carbocycles. The maximum atomic E-state index is 13.0. The molecule has 1 aromatic heterocycles. The summed E-state index contributed by atoms with van der Waals surface area (Å²) in [7, 11) is 0. The second-order valence-electron chi connectivity index (χ2n) is 6.74. The molecule has 0 spiro atoms. The number of benzene rings is 3. The van der Waals surface area contributed by atoms with Crippen molar-refractivity contribution in [1.82, 2.24) is 10.4 Å². The predicted octanol–water partition coefficient (Wildman–Crippen LogP) is 7.28. The summed E-state index contributed by atoms with van der Waals surface area (Å²) in [5.74, 6) is -0.781. The van der Waals surface area contributed by atoms with E-state index in [9.17, 15) is 15.0 Å². The molecular formula is C25H20Br2ClN3O3. The van der Waals surface area contributed by atoms with Crippen LogP contribution in [-0.2, 0) is 0 Å². The number of phenols is 2. The summed E-state index contributed by atoms with van der Waals surface area (Å²) in [6.07, 6.45) is 1.28. The topological polar surface area (TPSA) is 94.8 Å². The molecule has 0 fully saturated rings. The van der Waals surface area contributed by atoms with Crippen LogP contribution in [0, 0.1) is 0 Å². The lowest BCUT2D eigenvalue weighted by Crippen LogP contribution is -2.18. The zero-order chi connectivity index (χ0) is 24.8. The third-order valence-electron chi connectivity index (χ3n) is 4.67. The van der Waals surface area contributed by atoms with Gasteiger partial charge in [-0.1, -0.05) is 55.8 Å². The molecule has 1 amide bonds. The lowest BCUT2D eigenvalue weighted by atomic mass is 10.0. The number of fused-ring (bicyclic) bond motifs is 1. The molecule has 0 bridgehead atoms. The van der Waals surface area contributed by atoms with Crippen LogP contribution in [0.3, 0.4) is 0 Å². The number of nitrogens with one attached hydrogen (secondary N) is 1. The van der Waals surface area contributed by atoms with E-state index < -0.39 is 5.91 Å². The number of nitrogens with zero attached hydrogens (tertiary/aromatic N) is 2. The molecule has 4 aromatic rings. The number of hydrogen-bond acceptors (Lipinski definition) is 5. The van der Waals surface area contributed by atoms with Crippen LogP contribution >= 0.6 is 43.5 Å². The van der Waals surface area contributed by atoms with Gasteiger partial charge in [0.15, 0.2) is 0 Å². The number of phenolic OH excluding ortho intramolecular Hbond substituents is 2. The summed E-state index contributed by atoms with van der Waals surface area (Å²) in [4.78, 5) is 17.6. The van der Waals surface area contributed by atoms with Gasteiger partial charge >= 0.3 is 0 Å². The summed E-state index contributed by atoms with van der Waals surface area (Å²) in [5, 5.41) is 25.2. The molecule has 0 atom stereocenters. The lowest BCUT2D eigenvalue weighted by Gasteiger charge is -2.09. The van der Waals surface area contributed by atoms with Gasteiger partial charge in [-0.15, -0.1) is 0 Å². The van der Waals surface area contributed by atoms with Crippen LogP contribution in [0.25, 0.3) is 22.2 Å². The zero-order valence-corrected chi connectivity index (χ0v) is 22.1. The van der Waals surface area contributed by atoms with Gasteiger partial charge in [0, 0.05) is 21.5 Å². The van der Waals surface area contributed by atoms with E-state index in [4.69, 9.17) is 11.6 Å². The van der Waals surface area contributed by atoms with Crippen molar-refractivity contribution in [2.24, 2.45) is 5.10 Å². The highest BCUT2D eigenvalue weighted by atomic mass is 79.9. The Morgan fingerprint density at radius 2 is 1.71 bits per heavy atom. The van der Waals surface area contributed by atoms with E-state index in [1.54, 1.807) is 18.2 Å². The first-order chi connectivity index (χ1) is 16.3. The van der Waals surface area contributed by atoms with Crippen molar-refractivity contribution >= 4 is 66.5 Å². The highest BCUT2D eigenvalue weighted by Gasteiger charge is 2.15. The average molecular weight is 606 g/mol. The fourth-order valence-corrected chi connectivity index (χ4v) is 4.35. The van der Waals surface area contributed by atoms with Gasteiger partial charge in [0.05, 0.1) is 27.5 Å². The van der Waals surface area contributed by atoms with Gasteiger partial charge in [-0.2, -0.15) is 5.10 Å². The van der Waals surface area contributed by atoms with Gasteiger partial charge in [-0.25, -0.2) is 10.4 Å². The number of carbonyl (C=O) groups excluding carboxylic acids is 1. The normalized spacial score (nSPS) is 10.7. The summed E-state index contributed by atoms with van der Waals surface area (Å²) < 4.78 is 0.482. The van der Waals surface area contributed by atoms with Crippen molar-refractivity contribution in [3.63, 3.8) is 0 Å². The Morgan fingerprint density at radius 1 is 1.03 bits per heavy atom. The first kappa shape index (κ1) is 25.7. The molecule has 174 valence electrons. The summed E-state index contributed by atoms with van der Waals surface area (Å²) in [5.41, 5.74) is 5.29. The molecule has 6 nitrogen and oxygen atoms in total. The van der Waals surface area contributed by atoms with Gasteiger partial charge in [-0.05, 0) is 62.2 Å². The number of para-hydroxylation sites is 1. The maximum Gasteiger partial charge on any atom is 0.272 e. The van der Waals surface area contributed by atoms with Crippen molar-refractivity contribution in [3.05, 3.63) is 85.8 Å². The molecule has 0 aliphatic carbocycles. The summed E-state index contributed by atoms with van der Waals surface area (Å²) >= 11 is 12.3. The van der Waals surface area contributed by atoms with Crippen molar-refractivity contribution < 1.29 is 15.0 Å². The van der Waals surface area contributed by atoms with Crippen LogP contribution in [0.2, 0.25) is 5.02 Å². The van der Waals surface area contributed by atoms with Crippen molar-refractivity contribution in [2.45, 2.75) is 13.8 Å². The SMILES string of the molecule is CC.O=C(N/N=C/c1cc(Br)c(O)c(Br)c1O)c1cc(-c2ccc(Cl)cc2)nc2ccccc12. The first-order valence-corrected chi connectivity index (χ1v) is 12.2. The second-order valence-corrected chi connectivity index (χ2v) is 8.82. The number of aromatic nitrogens is 1.